The summed E-state index contributed by atoms with van der Waals surface area (Å²) in [4.78, 5) is 18.7. The van der Waals surface area contributed by atoms with E-state index in [1.54, 1.807) is 6.20 Å². The summed E-state index contributed by atoms with van der Waals surface area (Å²) in [5.74, 6) is 0.560. The second-order valence-corrected chi connectivity index (χ2v) is 8.82. The van der Waals surface area contributed by atoms with Gasteiger partial charge in [-0.25, -0.2) is 0 Å². The Morgan fingerprint density at radius 2 is 1.90 bits per heavy atom. The number of rotatable bonds is 5. The highest BCUT2D eigenvalue weighted by molar-refractivity contribution is 7.09. The van der Waals surface area contributed by atoms with Crippen LogP contribution in [-0.2, 0) is 19.3 Å². The van der Waals surface area contributed by atoms with E-state index >= 15 is 0 Å². The van der Waals surface area contributed by atoms with Crippen LogP contribution in [0, 0.1) is 5.92 Å². The molecule has 1 aliphatic carbocycles. The highest BCUT2D eigenvalue weighted by Gasteiger charge is 2.23. The van der Waals surface area contributed by atoms with Crippen LogP contribution in [0.2, 0.25) is 0 Å². The van der Waals surface area contributed by atoms with Crippen LogP contribution in [-0.4, -0.2) is 10.9 Å². The number of amides is 1. The lowest BCUT2D eigenvalue weighted by Gasteiger charge is -2.09. The summed E-state index contributed by atoms with van der Waals surface area (Å²) in [7, 11) is 0. The van der Waals surface area contributed by atoms with Crippen molar-refractivity contribution in [3.05, 3.63) is 106 Å². The van der Waals surface area contributed by atoms with Gasteiger partial charge in [0.05, 0.1) is 5.69 Å². The first-order chi connectivity index (χ1) is 14.7. The molecule has 2 heterocycles. The molecule has 0 aliphatic heterocycles. The number of carbonyl (C=O) groups excluding carboxylic acids is 1. The molecule has 2 aromatic heterocycles. The van der Waals surface area contributed by atoms with Crippen LogP contribution in [0.1, 0.15) is 26.4 Å². The van der Waals surface area contributed by atoms with Crippen molar-refractivity contribution in [2.24, 2.45) is 5.92 Å². The van der Waals surface area contributed by atoms with E-state index in [-0.39, 0.29) is 5.91 Å². The van der Waals surface area contributed by atoms with E-state index in [4.69, 9.17) is 0 Å². The first kappa shape index (κ1) is 18.8. The SMILES string of the molecule is O=C(Nc1cccc(-c2ccccn2)c1)c1ccc2c(c1)C[C@H](Cc1cccs1)C2. The minimum atomic E-state index is -0.0716. The molecule has 30 heavy (non-hydrogen) atoms. The first-order valence-electron chi connectivity index (χ1n) is 10.2. The minimum absolute atomic E-state index is 0.0716. The number of benzene rings is 2. The van der Waals surface area contributed by atoms with E-state index in [0.29, 0.717) is 11.5 Å². The Bertz CT molecular complexity index is 1170. The van der Waals surface area contributed by atoms with Crippen molar-refractivity contribution in [1.82, 2.24) is 4.98 Å². The first-order valence-corrected chi connectivity index (χ1v) is 11.1. The van der Waals surface area contributed by atoms with E-state index in [9.17, 15) is 4.79 Å². The predicted molar refractivity (Wildman–Crippen MR) is 123 cm³/mol. The highest BCUT2D eigenvalue weighted by atomic mass is 32.1. The molecule has 0 spiro atoms. The van der Waals surface area contributed by atoms with E-state index in [2.05, 4.69) is 39.9 Å². The number of aromatic nitrogens is 1. The second-order valence-electron chi connectivity index (χ2n) is 7.79. The van der Waals surface area contributed by atoms with Crippen LogP contribution in [0.5, 0.6) is 0 Å². The van der Waals surface area contributed by atoms with Crippen molar-refractivity contribution < 1.29 is 4.79 Å². The Morgan fingerprint density at radius 1 is 0.967 bits per heavy atom. The van der Waals surface area contributed by atoms with Gasteiger partial charge in [0, 0.05) is 27.9 Å². The van der Waals surface area contributed by atoms with Crippen molar-refractivity contribution in [3.8, 4) is 11.3 Å². The van der Waals surface area contributed by atoms with Crippen LogP contribution in [0.4, 0.5) is 5.69 Å². The Kier molecular flexibility index (Phi) is 5.16. The molecule has 0 unspecified atom stereocenters. The largest absolute Gasteiger partial charge is 0.322 e. The Morgan fingerprint density at radius 3 is 2.73 bits per heavy atom. The van der Waals surface area contributed by atoms with E-state index in [1.807, 2.05) is 59.9 Å². The van der Waals surface area contributed by atoms with Crippen molar-refractivity contribution in [1.29, 1.82) is 0 Å². The quantitative estimate of drug-likeness (QED) is 0.437. The van der Waals surface area contributed by atoms with Gasteiger partial charge >= 0.3 is 0 Å². The number of fused-ring (bicyclic) bond motifs is 1. The van der Waals surface area contributed by atoms with Crippen LogP contribution in [0.15, 0.2) is 84.4 Å². The maximum absolute atomic E-state index is 12.9. The van der Waals surface area contributed by atoms with Crippen LogP contribution >= 0.6 is 11.3 Å². The van der Waals surface area contributed by atoms with E-state index in [1.165, 1.54) is 16.0 Å². The van der Waals surface area contributed by atoms with E-state index in [0.717, 1.165) is 36.2 Å². The summed E-state index contributed by atoms with van der Waals surface area (Å²) in [6.07, 6.45) is 5.04. The summed E-state index contributed by atoms with van der Waals surface area (Å²) in [6.45, 7) is 0. The standard InChI is InChI=1S/C26H22N2OS/c29-26(28-23-6-3-5-20(17-23)25-8-1-2-11-27-25)21-10-9-19-13-18(14-22(19)16-21)15-24-7-4-12-30-24/h1-12,16-18H,13-15H2,(H,28,29)/t18-/m1/s1. The van der Waals surface area contributed by atoms with Crippen LogP contribution in [0.3, 0.4) is 0 Å². The summed E-state index contributed by atoms with van der Waals surface area (Å²) in [5.41, 5.74) is 6.06. The third-order valence-electron chi connectivity index (χ3n) is 5.64. The number of hydrogen-bond acceptors (Lipinski definition) is 3. The molecule has 2 aromatic carbocycles. The Labute approximate surface area is 180 Å². The molecule has 1 N–H and O–H groups in total. The fourth-order valence-electron chi connectivity index (χ4n) is 4.20. The fourth-order valence-corrected chi connectivity index (χ4v) is 5.02. The molecule has 5 rings (SSSR count). The number of pyridine rings is 1. The summed E-state index contributed by atoms with van der Waals surface area (Å²) in [5, 5.41) is 5.18. The second kappa shape index (κ2) is 8.25. The predicted octanol–water partition coefficient (Wildman–Crippen LogP) is 6.02. The Hall–Kier alpha value is -3.24. The molecular weight excluding hydrogens is 388 g/mol. The number of nitrogens with zero attached hydrogens (tertiary/aromatic N) is 1. The maximum atomic E-state index is 12.9. The number of carbonyl (C=O) groups is 1. The number of thiophene rings is 1. The summed E-state index contributed by atoms with van der Waals surface area (Å²) in [6, 6.07) is 24.1. The molecule has 0 saturated carbocycles. The van der Waals surface area contributed by atoms with Gasteiger partial charge in [-0.3, -0.25) is 9.78 Å². The Balaban J connectivity index is 1.29. The molecule has 1 atom stereocenters. The third kappa shape index (κ3) is 4.05. The molecular formula is C26H22N2OS. The smallest absolute Gasteiger partial charge is 0.255 e. The average molecular weight is 411 g/mol. The zero-order valence-corrected chi connectivity index (χ0v) is 17.4. The monoisotopic (exact) mass is 410 g/mol. The molecule has 4 heteroatoms. The molecule has 3 nitrogen and oxygen atoms in total. The zero-order chi connectivity index (χ0) is 20.3. The van der Waals surface area contributed by atoms with Gasteiger partial charge in [0.25, 0.3) is 5.91 Å². The number of anilines is 1. The van der Waals surface area contributed by atoms with Gasteiger partial charge in [0.2, 0.25) is 0 Å². The van der Waals surface area contributed by atoms with Gasteiger partial charge in [-0.15, -0.1) is 11.3 Å². The van der Waals surface area contributed by atoms with Gasteiger partial charge in [-0.2, -0.15) is 0 Å². The molecule has 0 radical (unpaired) electrons. The molecule has 1 amide bonds. The fraction of sp³-hybridized carbons (Fsp3) is 0.154. The molecule has 1 aliphatic rings. The van der Waals surface area contributed by atoms with Gasteiger partial charge in [0.1, 0.15) is 0 Å². The van der Waals surface area contributed by atoms with Gasteiger partial charge in [0.15, 0.2) is 0 Å². The lowest BCUT2D eigenvalue weighted by Crippen LogP contribution is -2.12. The lowest BCUT2D eigenvalue weighted by molar-refractivity contribution is 0.102. The van der Waals surface area contributed by atoms with E-state index < -0.39 is 0 Å². The summed E-state index contributed by atoms with van der Waals surface area (Å²) >= 11 is 1.83. The molecule has 0 saturated heterocycles. The number of nitrogens with one attached hydrogen (secondary N) is 1. The zero-order valence-electron chi connectivity index (χ0n) is 16.5. The average Bonchev–Trinajstić information content (AvgIpc) is 3.43. The van der Waals surface area contributed by atoms with Crippen molar-refractivity contribution in [2.75, 3.05) is 5.32 Å². The normalized spacial score (nSPS) is 15.0. The molecule has 0 bridgehead atoms. The number of hydrogen-bond donors (Lipinski definition) is 1. The van der Waals surface area contributed by atoms with Gasteiger partial charge < -0.3 is 5.32 Å². The van der Waals surface area contributed by atoms with Crippen molar-refractivity contribution >= 4 is 22.9 Å². The van der Waals surface area contributed by atoms with Crippen molar-refractivity contribution in [2.45, 2.75) is 19.3 Å². The highest BCUT2D eigenvalue weighted by Crippen LogP contribution is 2.31. The van der Waals surface area contributed by atoms with Crippen LogP contribution < -0.4 is 5.32 Å². The topological polar surface area (TPSA) is 42.0 Å². The summed E-state index contributed by atoms with van der Waals surface area (Å²) < 4.78 is 0. The molecule has 4 aromatic rings. The van der Waals surface area contributed by atoms with Crippen molar-refractivity contribution in [3.63, 3.8) is 0 Å². The van der Waals surface area contributed by atoms with Gasteiger partial charge in [-0.05, 0) is 84.2 Å². The molecule has 0 fully saturated rings. The van der Waals surface area contributed by atoms with Crippen LogP contribution in [0.25, 0.3) is 11.3 Å². The lowest BCUT2D eigenvalue weighted by atomic mass is 10.0. The maximum Gasteiger partial charge on any atom is 0.255 e. The van der Waals surface area contributed by atoms with Gasteiger partial charge in [-0.1, -0.05) is 30.3 Å². The minimum Gasteiger partial charge on any atom is -0.322 e. The third-order valence-corrected chi connectivity index (χ3v) is 6.54. The molecule has 148 valence electrons.